The van der Waals surface area contributed by atoms with E-state index in [1.807, 2.05) is 0 Å². The van der Waals surface area contributed by atoms with E-state index >= 15 is 0 Å². The summed E-state index contributed by atoms with van der Waals surface area (Å²) in [6, 6.07) is 0. The molecule has 0 aromatic heterocycles. The minimum absolute atomic E-state index is 0.375. The first kappa shape index (κ1) is 8.92. The van der Waals surface area contributed by atoms with Crippen LogP contribution in [-0.2, 0) is 9.47 Å². The van der Waals surface area contributed by atoms with Crippen LogP contribution in [0.2, 0.25) is 0 Å². The summed E-state index contributed by atoms with van der Waals surface area (Å²) in [6.07, 6.45) is 2.55. The van der Waals surface area contributed by atoms with Gasteiger partial charge in [-0.2, -0.15) is 0 Å². The number of hydrogen-bond acceptors (Lipinski definition) is 2. The third-order valence-electron chi connectivity index (χ3n) is 1.36. The van der Waals surface area contributed by atoms with Crippen molar-refractivity contribution in [3.8, 4) is 0 Å². The molecule has 0 fully saturated rings. The van der Waals surface area contributed by atoms with E-state index in [1.165, 1.54) is 0 Å². The number of methoxy groups -OCH3 is 2. The van der Waals surface area contributed by atoms with Gasteiger partial charge in [0.2, 0.25) is 0 Å². The van der Waals surface area contributed by atoms with Crippen molar-refractivity contribution in [2.75, 3.05) is 20.8 Å². The Labute approximate surface area is 57.2 Å². The first-order valence-electron chi connectivity index (χ1n) is 3.33. The highest BCUT2D eigenvalue weighted by Gasteiger charge is 1.96. The zero-order chi connectivity index (χ0) is 7.11. The molecule has 0 saturated carbocycles. The predicted molar refractivity (Wildman–Crippen MR) is 37.6 cm³/mol. The zero-order valence-electron chi connectivity index (χ0n) is 6.52. The van der Waals surface area contributed by atoms with Gasteiger partial charge in [-0.3, -0.25) is 0 Å². The van der Waals surface area contributed by atoms with Crippen LogP contribution in [0.15, 0.2) is 0 Å². The van der Waals surface area contributed by atoms with Gasteiger partial charge in [0.25, 0.3) is 0 Å². The maximum absolute atomic E-state index is 5.04. The third-order valence-corrected chi connectivity index (χ3v) is 1.36. The second-order valence-corrected chi connectivity index (χ2v) is 2.18. The van der Waals surface area contributed by atoms with Crippen molar-refractivity contribution >= 4 is 0 Å². The van der Waals surface area contributed by atoms with E-state index < -0.39 is 0 Å². The Hall–Kier alpha value is -0.0800. The zero-order valence-corrected chi connectivity index (χ0v) is 6.52. The van der Waals surface area contributed by atoms with E-state index in [2.05, 4.69) is 6.92 Å². The number of hydrogen-bond donors (Lipinski definition) is 0. The van der Waals surface area contributed by atoms with Crippen molar-refractivity contribution in [2.24, 2.45) is 0 Å². The second kappa shape index (κ2) is 6.05. The SMILES string of the molecule is COCCC[C@@H](C)OC. The van der Waals surface area contributed by atoms with Crippen LogP contribution < -0.4 is 0 Å². The maximum Gasteiger partial charge on any atom is 0.0544 e. The fourth-order valence-electron chi connectivity index (χ4n) is 0.633. The molecule has 0 unspecified atom stereocenters. The molecule has 0 bridgehead atoms. The molecule has 0 heterocycles. The van der Waals surface area contributed by atoms with Crippen LogP contribution in [0.3, 0.4) is 0 Å². The van der Waals surface area contributed by atoms with E-state index in [9.17, 15) is 0 Å². The molecule has 2 heteroatoms. The van der Waals surface area contributed by atoms with Crippen molar-refractivity contribution in [1.82, 2.24) is 0 Å². The highest BCUT2D eigenvalue weighted by atomic mass is 16.5. The van der Waals surface area contributed by atoms with Crippen molar-refractivity contribution < 1.29 is 9.47 Å². The summed E-state index contributed by atoms with van der Waals surface area (Å²) < 4.78 is 9.92. The summed E-state index contributed by atoms with van der Waals surface area (Å²) in [5.74, 6) is 0. The van der Waals surface area contributed by atoms with Crippen molar-refractivity contribution in [3.63, 3.8) is 0 Å². The van der Waals surface area contributed by atoms with Gasteiger partial charge in [0.1, 0.15) is 0 Å². The minimum Gasteiger partial charge on any atom is -0.385 e. The molecule has 1 atom stereocenters. The van der Waals surface area contributed by atoms with Gasteiger partial charge in [-0.25, -0.2) is 0 Å². The lowest BCUT2D eigenvalue weighted by atomic mass is 10.2. The fourth-order valence-corrected chi connectivity index (χ4v) is 0.633. The largest absolute Gasteiger partial charge is 0.385 e. The Morgan fingerprint density at radius 2 is 2.00 bits per heavy atom. The average molecular weight is 132 g/mol. The summed E-state index contributed by atoms with van der Waals surface area (Å²) in [7, 11) is 3.45. The Bertz CT molecular complexity index is 54.9. The maximum atomic E-state index is 5.04. The summed E-state index contributed by atoms with van der Waals surface area (Å²) in [6.45, 7) is 2.91. The second-order valence-electron chi connectivity index (χ2n) is 2.18. The lowest BCUT2D eigenvalue weighted by Gasteiger charge is -2.07. The van der Waals surface area contributed by atoms with Crippen LogP contribution in [0.4, 0.5) is 0 Å². The van der Waals surface area contributed by atoms with Crippen LogP contribution in [0, 0.1) is 0 Å². The topological polar surface area (TPSA) is 18.5 Å². The molecule has 9 heavy (non-hydrogen) atoms. The van der Waals surface area contributed by atoms with Crippen LogP contribution in [0.5, 0.6) is 0 Å². The van der Waals surface area contributed by atoms with Gasteiger partial charge >= 0.3 is 0 Å². The number of ether oxygens (including phenoxy) is 2. The summed E-state index contributed by atoms with van der Waals surface area (Å²) in [5.41, 5.74) is 0. The van der Waals surface area contributed by atoms with Crippen molar-refractivity contribution in [1.29, 1.82) is 0 Å². The van der Waals surface area contributed by atoms with E-state index in [1.54, 1.807) is 14.2 Å². The molecule has 0 radical (unpaired) electrons. The van der Waals surface area contributed by atoms with E-state index in [4.69, 9.17) is 9.47 Å². The molecule has 0 aromatic carbocycles. The Morgan fingerprint density at radius 3 is 2.44 bits per heavy atom. The van der Waals surface area contributed by atoms with Gasteiger partial charge in [-0.1, -0.05) is 0 Å². The quantitative estimate of drug-likeness (QED) is 0.527. The highest BCUT2D eigenvalue weighted by Crippen LogP contribution is 1.98. The van der Waals surface area contributed by atoms with Crippen molar-refractivity contribution in [2.45, 2.75) is 25.9 Å². The molecule has 0 spiro atoms. The van der Waals surface area contributed by atoms with Gasteiger partial charge in [-0.05, 0) is 19.8 Å². The molecule has 0 N–H and O–H groups in total. The number of rotatable bonds is 5. The predicted octanol–water partition coefficient (Wildman–Crippen LogP) is 1.45. The lowest BCUT2D eigenvalue weighted by molar-refractivity contribution is 0.0971. The van der Waals surface area contributed by atoms with Gasteiger partial charge in [-0.15, -0.1) is 0 Å². The Morgan fingerprint density at radius 1 is 1.33 bits per heavy atom. The molecular formula is C7H16O2. The minimum atomic E-state index is 0.375. The summed E-state index contributed by atoms with van der Waals surface area (Å²) >= 11 is 0. The van der Waals surface area contributed by atoms with Crippen LogP contribution in [-0.4, -0.2) is 26.9 Å². The van der Waals surface area contributed by atoms with Crippen LogP contribution in [0.25, 0.3) is 0 Å². The normalized spacial score (nSPS) is 13.7. The molecule has 0 amide bonds. The first-order chi connectivity index (χ1) is 4.31. The smallest absolute Gasteiger partial charge is 0.0544 e. The monoisotopic (exact) mass is 132 g/mol. The molecule has 0 saturated heterocycles. The highest BCUT2D eigenvalue weighted by molar-refractivity contribution is 4.47. The summed E-state index contributed by atoms with van der Waals surface area (Å²) in [4.78, 5) is 0. The molecular weight excluding hydrogens is 116 g/mol. The van der Waals surface area contributed by atoms with Gasteiger partial charge in [0.15, 0.2) is 0 Å². The fraction of sp³-hybridized carbons (Fsp3) is 1.00. The molecule has 0 aliphatic carbocycles. The molecule has 0 aliphatic heterocycles. The van der Waals surface area contributed by atoms with Gasteiger partial charge < -0.3 is 9.47 Å². The van der Waals surface area contributed by atoms with Crippen LogP contribution >= 0.6 is 0 Å². The van der Waals surface area contributed by atoms with Gasteiger partial charge in [0.05, 0.1) is 6.10 Å². The Balaban J connectivity index is 2.88. The van der Waals surface area contributed by atoms with E-state index in [0.717, 1.165) is 19.4 Å². The van der Waals surface area contributed by atoms with Crippen LogP contribution in [0.1, 0.15) is 19.8 Å². The molecule has 0 rings (SSSR count). The molecule has 0 aliphatic rings. The standard InChI is InChI=1S/C7H16O2/c1-7(9-3)5-4-6-8-2/h7H,4-6H2,1-3H3/t7-/m1/s1. The van der Waals surface area contributed by atoms with E-state index in [-0.39, 0.29) is 0 Å². The molecule has 0 aromatic rings. The molecule has 2 nitrogen and oxygen atoms in total. The lowest BCUT2D eigenvalue weighted by Crippen LogP contribution is -2.05. The summed E-state index contributed by atoms with van der Waals surface area (Å²) in [5, 5.41) is 0. The molecule has 56 valence electrons. The van der Waals surface area contributed by atoms with Crippen molar-refractivity contribution in [3.05, 3.63) is 0 Å². The average Bonchev–Trinajstić information content (AvgIpc) is 1.89. The third kappa shape index (κ3) is 5.80. The Kier molecular flexibility index (Phi) is 5.99. The van der Waals surface area contributed by atoms with E-state index in [0.29, 0.717) is 6.10 Å². The van der Waals surface area contributed by atoms with Gasteiger partial charge in [0, 0.05) is 20.8 Å². The first-order valence-corrected chi connectivity index (χ1v) is 3.33.